The normalized spacial score (nSPS) is 10.4. The molecule has 0 aliphatic carbocycles. The van der Waals surface area contributed by atoms with Crippen LogP contribution in [0.15, 0.2) is 60.7 Å². The van der Waals surface area contributed by atoms with Crippen molar-refractivity contribution in [2.45, 2.75) is 27.7 Å². The largest absolute Gasteiger partial charge is 0.492 e. The molecule has 3 aromatic carbocycles. The second kappa shape index (κ2) is 10.5. The van der Waals surface area contributed by atoms with Gasteiger partial charge in [0, 0.05) is 23.3 Å². The molecule has 6 heteroatoms. The van der Waals surface area contributed by atoms with Gasteiger partial charge in [-0.05, 0) is 51.0 Å². The first kappa shape index (κ1) is 22.9. The highest BCUT2D eigenvalue weighted by atomic mass is 16.5. The van der Waals surface area contributed by atoms with Crippen molar-refractivity contribution in [3.05, 3.63) is 82.9 Å². The molecule has 166 valence electrons. The van der Waals surface area contributed by atoms with Gasteiger partial charge in [-0.25, -0.2) is 0 Å². The number of rotatable bonds is 8. The van der Waals surface area contributed by atoms with Gasteiger partial charge in [0.25, 0.3) is 11.8 Å². The summed E-state index contributed by atoms with van der Waals surface area (Å²) in [7, 11) is 0. The number of nitrogens with one attached hydrogen (secondary N) is 2. The lowest BCUT2D eigenvalue weighted by Crippen LogP contribution is -2.16. The summed E-state index contributed by atoms with van der Waals surface area (Å²) < 4.78 is 11.5. The molecule has 6 nitrogen and oxygen atoms in total. The van der Waals surface area contributed by atoms with E-state index in [0.29, 0.717) is 47.2 Å². The monoisotopic (exact) mass is 432 g/mol. The zero-order valence-electron chi connectivity index (χ0n) is 18.8. The van der Waals surface area contributed by atoms with E-state index in [-0.39, 0.29) is 11.8 Å². The van der Waals surface area contributed by atoms with E-state index in [9.17, 15) is 9.59 Å². The number of carbonyl (C=O) groups is 2. The highest BCUT2D eigenvalue weighted by Crippen LogP contribution is 2.37. The standard InChI is InChI=1S/C26H28N2O4/c1-5-31-23-15-22(28-26(30)20-14-10-8-12-18(20)4)24(32-6-2)16-21(23)27-25(29)19-13-9-7-11-17(19)3/h7-16H,5-6H2,1-4H3,(H,27,29)(H,28,30). The average Bonchev–Trinajstić information content (AvgIpc) is 2.77. The molecule has 0 aliphatic rings. The fraction of sp³-hybridized carbons (Fsp3) is 0.231. The Kier molecular flexibility index (Phi) is 7.49. The van der Waals surface area contributed by atoms with Gasteiger partial charge in [-0.1, -0.05) is 36.4 Å². The third kappa shape index (κ3) is 5.27. The van der Waals surface area contributed by atoms with Gasteiger partial charge in [0.2, 0.25) is 0 Å². The molecule has 0 atom stereocenters. The van der Waals surface area contributed by atoms with Gasteiger partial charge in [0.15, 0.2) is 0 Å². The maximum absolute atomic E-state index is 12.9. The van der Waals surface area contributed by atoms with Crippen LogP contribution in [0.2, 0.25) is 0 Å². The van der Waals surface area contributed by atoms with E-state index in [1.165, 1.54) is 0 Å². The zero-order valence-corrected chi connectivity index (χ0v) is 18.8. The van der Waals surface area contributed by atoms with E-state index in [4.69, 9.17) is 9.47 Å². The van der Waals surface area contributed by atoms with Crippen LogP contribution in [0.1, 0.15) is 45.7 Å². The van der Waals surface area contributed by atoms with E-state index in [1.54, 1.807) is 24.3 Å². The summed E-state index contributed by atoms with van der Waals surface area (Å²) in [5.74, 6) is 0.391. The molecule has 0 spiro atoms. The molecule has 0 unspecified atom stereocenters. The summed E-state index contributed by atoms with van der Waals surface area (Å²) in [6.45, 7) is 8.27. The van der Waals surface area contributed by atoms with Gasteiger partial charge in [-0.15, -0.1) is 0 Å². The molecule has 0 fully saturated rings. The predicted octanol–water partition coefficient (Wildman–Crippen LogP) is 5.61. The third-order valence-corrected chi connectivity index (χ3v) is 4.96. The Balaban J connectivity index is 1.96. The summed E-state index contributed by atoms with van der Waals surface area (Å²) >= 11 is 0. The summed E-state index contributed by atoms with van der Waals surface area (Å²) in [5, 5.41) is 5.83. The lowest BCUT2D eigenvalue weighted by atomic mass is 10.1. The molecular weight excluding hydrogens is 404 g/mol. The topological polar surface area (TPSA) is 76.7 Å². The second-order valence-electron chi connectivity index (χ2n) is 7.25. The van der Waals surface area contributed by atoms with Gasteiger partial charge < -0.3 is 20.1 Å². The Hall–Kier alpha value is -3.80. The minimum absolute atomic E-state index is 0.247. The number of benzene rings is 3. The Morgan fingerprint density at radius 2 is 1.06 bits per heavy atom. The molecular formula is C26H28N2O4. The first-order chi connectivity index (χ1) is 15.4. The molecule has 0 aliphatic heterocycles. The summed E-state index contributed by atoms with van der Waals surface area (Å²) in [6.07, 6.45) is 0. The molecule has 32 heavy (non-hydrogen) atoms. The van der Waals surface area contributed by atoms with E-state index >= 15 is 0 Å². The van der Waals surface area contributed by atoms with Crippen LogP contribution in [0.4, 0.5) is 11.4 Å². The second-order valence-corrected chi connectivity index (χ2v) is 7.25. The first-order valence-electron chi connectivity index (χ1n) is 10.6. The SMILES string of the molecule is CCOc1cc(NC(=O)c2ccccc2C)c(OCC)cc1NC(=O)c1ccccc1C. The quantitative estimate of drug-likeness (QED) is 0.485. The van der Waals surface area contributed by atoms with Crippen LogP contribution in [0.25, 0.3) is 0 Å². The van der Waals surface area contributed by atoms with Gasteiger partial charge >= 0.3 is 0 Å². The van der Waals surface area contributed by atoms with Crippen LogP contribution in [0, 0.1) is 13.8 Å². The van der Waals surface area contributed by atoms with Crippen molar-refractivity contribution < 1.29 is 19.1 Å². The van der Waals surface area contributed by atoms with Gasteiger partial charge in [0.05, 0.1) is 24.6 Å². The van der Waals surface area contributed by atoms with Crippen molar-refractivity contribution in [3.8, 4) is 11.5 Å². The molecule has 3 rings (SSSR count). The number of aryl methyl sites for hydroxylation is 2. The van der Waals surface area contributed by atoms with E-state index in [2.05, 4.69) is 10.6 Å². The van der Waals surface area contributed by atoms with Crippen LogP contribution in [0.5, 0.6) is 11.5 Å². The van der Waals surface area contributed by atoms with Crippen molar-refractivity contribution in [2.24, 2.45) is 0 Å². The van der Waals surface area contributed by atoms with Gasteiger partial charge in [-0.3, -0.25) is 9.59 Å². The minimum Gasteiger partial charge on any atom is -0.492 e. The first-order valence-corrected chi connectivity index (χ1v) is 10.6. The Bertz CT molecular complexity index is 1040. The van der Waals surface area contributed by atoms with Crippen LogP contribution < -0.4 is 20.1 Å². The molecule has 0 bridgehead atoms. The van der Waals surface area contributed by atoms with Gasteiger partial charge in [0.1, 0.15) is 11.5 Å². The fourth-order valence-corrected chi connectivity index (χ4v) is 3.34. The fourth-order valence-electron chi connectivity index (χ4n) is 3.34. The molecule has 2 amide bonds. The summed E-state index contributed by atoms with van der Waals surface area (Å²) in [4.78, 5) is 25.7. The molecule has 2 N–H and O–H groups in total. The van der Waals surface area contributed by atoms with E-state index < -0.39 is 0 Å². The molecule has 0 saturated carbocycles. The number of hydrogen-bond acceptors (Lipinski definition) is 4. The number of carbonyl (C=O) groups excluding carboxylic acids is 2. The van der Waals surface area contributed by atoms with Crippen molar-refractivity contribution in [1.82, 2.24) is 0 Å². The Morgan fingerprint density at radius 1 is 0.688 bits per heavy atom. The molecule has 3 aromatic rings. The Morgan fingerprint density at radius 3 is 1.41 bits per heavy atom. The van der Waals surface area contributed by atoms with Crippen molar-refractivity contribution >= 4 is 23.2 Å². The molecule has 0 radical (unpaired) electrons. The summed E-state index contributed by atoms with van der Waals surface area (Å²) in [5.41, 5.74) is 3.83. The number of anilines is 2. The van der Waals surface area contributed by atoms with Crippen molar-refractivity contribution in [1.29, 1.82) is 0 Å². The summed E-state index contributed by atoms with van der Waals surface area (Å²) in [6, 6.07) is 18.1. The highest BCUT2D eigenvalue weighted by molar-refractivity contribution is 6.08. The lowest BCUT2D eigenvalue weighted by Gasteiger charge is -2.18. The van der Waals surface area contributed by atoms with Crippen molar-refractivity contribution in [2.75, 3.05) is 23.8 Å². The zero-order chi connectivity index (χ0) is 23.1. The van der Waals surface area contributed by atoms with E-state index in [0.717, 1.165) is 11.1 Å². The maximum Gasteiger partial charge on any atom is 0.256 e. The molecule has 0 heterocycles. The van der Waals surface area contributed by atoms with Crippen LogP contribution in [0.3, 0.4) is 0 Å². The van der Waals surface area contributed by atoms with Crippen LogP contribution in [-0.2, 0) is 0 Å². The molecule has 0 aromatic heterocycles. The smallest absolute Gasteiger partial charge is 0.256 e. The maximum atomic E-state index is 12.9. The predicted molar refractivity (Wildman–Crippen MR) is 127 cm³/mol. The highest BCUT2D eigenvalue weighted by Gasteiger charge is 2.18. The van der Waals surface area contributed by atoms with Crippen molar-refractivity contribution in [3.63, 3.8) is 0 Å². The van der Waals surface area contributed by atoms with E-state index in [1.807, 2.05) is 64.1 Å². The Labute approximate surface area is 188 Å². The lowest BCUT2D eigenvalue weighted by molar-refractivity contribution is 0.101. The molecule has 0 saturated heterocycles. The van der Waals surface area contributed by atoms with Crippen LogP contribution >= 0.6 is 0 Å². The van der Waals surface area contributed by atoms with Gasteiger partial charge in [-0.2, -0.15) is 0 Å². The number of hydrogen-bond donors (Lipinski definition) is 2. The third-order valence-electron chi connectivity index (χ3n) is 4.96. The number of ether oxygens (including phenoxy) is 2. The number of amides is 2. The average molecular weight is 433 g/mol. The van der Waals surface area contributed by atoms with Crippen LogP contribution in [-0.4, -0.2) is 25.0 Å². The minimum atomic E-state index is -0.247.